The number of aromatic nitrogens is 1. The molecule has 0 fully saturated rings. The van der Waals surface area contributed by atoms with E-state index in [1.807, 2.05) is 23.6 Å². The number of methoxy groups -OCH3 is 1. The topological polar surface area (TPSA) is 55.1 Å². The molecule has 20 heavy (non-hydrogen) atoms. The maximum Gasteiger partial charge on any atom is 0.278 e. The number of hydrogen-bond acceptors (Lipinski definition) is 5. The van der Waals surface area contributed by atoms with Crippen molar-refractivity contribution in [2.75, 3.05) is 7.11 Å². The summed E-state index contributed by atoms with van der Waals surface area (Å²) in [6.07, 6.45) is 1.68. The third-order valence-corrected chi connectivity index (χ3v) is 3.53. The molecule has 0 saturated carbocycles. The monoisotopic (exact) mass is 282 g/mol. The molecule has 4 nitrogen and oxygen atoms in total. The van der Waals surface area contributed by atoms with Crippen molar-refractivity contribution in [3.05, 3.63) is 47.5 Å². The highest BCUT2D eigenvalue weighted by Gasteiger charge is 2.12. The third-order valence-electron chi connectivity index (χ3n) is 2.88. The van der Waals surface area contributed by atoms with Crippen LogP contribution < -0.4 is 9.47 Å². The van der Waals surface area contributed by atoms with Gasteiger partial charge in [0.15, 0.2) is 11.5 Å². The molecule has 98 valence electrons. The molecule has 3 aromatic rings. The molecule has 1 aromatic heterocycles. The fourth-order valence-corrected chi connectivity index (χ4v) is 2.45. The average molecular weight is 282 g/mol. The van der Waals surface area contributed by atoms with E-state index < -0.39 is 0 Å². The standard InChI is InChI=1S/C15H10N2O2S/c1-18-13-5-4-11-3-2-10(9-16)8-12(11)14(13)19-15-17-6-7-20-15/h2-8H,1H3. The summed E-state index contributed by atoms with van der Waals surface area (Å²) in [5.41, 5.74) is 0.578. The lowest BCUT2D eigenvalue weighted by Gasteiger charge is -2.11. The third kappa shape index (κ3) is 2.17. The number of ether oxygens (including phenoxy) is 2. The summed E-state index contributed by atoms with van der Waals surface area (Å²) in [6, 6.07) is 11.4. The fraction of sp³-hybridized carbons (Fsp3) is 0.0667. The van der Waals surface area contributed by atoms with Crippen molar-refractivity contribution < 1.29 is 9.47 Å². The molecule has 0 aliphatic rings. The van der Waals surface area contributed by atoms with Crippen LogP contribution in [0, 0.1) is 11.3 Å². The van der Waals surface area contributed by atoms with Gasteiger partial charge in [0.05, 0.1) is 18.7 Å². The Morgan fingerprint density at radius 3 is 2.80 bits per heavy atom. The molecule has 0 saturated heterocycles. The van der Waals surface area contributed by atoms with Crippen LogP contribution in [0.5, 0.6) is 16.7 Å². The second-order valence-electron chi connectivity index (χ2n) is 4.04. The van der Waals surface area contributed by atoms with Crippen molar-refractivity contribution in [1.29, 1.82) is 5.26 Å². The van der Waals surface area contributed by atoms with E-state index in [1.165, 1.54) is 11.3 Å². The van der Waals surface area contributed by atoms with Gasteiger partial charge in [-0.05, 0) is 23.6 Å². The van der Waals surface area contributed by atoms with E-state index in [1.54, 1.807) is 25.4 Å². The van der Waals surface area contributed by atoms with Crippen molar-refractivity contribution in [3.8, 4) is 22.8 Å². The lowest BCUT2D eigenvalue weighted by molar-refractivity contribution is 0.381. The smallest absolute Gasteiger partial charge is 0.278 e. The second kappa shape index (κ2) is 5.19. The molecule has 2 aromatic carbocycles. The Morgan fingerprint density at radius 1 is 1.25 bits per heavy atom. The number of nitrogens with zero attached hydrogens (tertiary/aromatic N) is 2. The predicted octanol–water partition coefficient (Wildman–Crippen LogP) is 3.97. The highest BCUT2D eigenvalue weighted by molar-refractivity contribution is 7.11. The van der Waals surface area contributed by atoms with Crippen LogP contribution in [-0.4, -0.2) is 12.1 Å². The molecule has 5 heteroatoms. The molecule has 1 heterocycles. The molecule has 0 atom stereocenters. The highest BCUT2D eigenvalue weighted by Crippen LogP contribution is 2.39. The van der Waals surface area contributed by atoms with Gasteiger partial charge in [0.25, 0.3) is 5.19 Å². The first-order valence-electron chi connectivity index (χ1n) is 5.90. The normalized spacial score (nSPS) is 10.2. The lowest BCUT2D eigenvalue weighted by Crippen LogP contribution is -1.92. The highest BCUT2D eigenvalue weighted by atomic mass is 32.1. The van der Waals surface area contributed by atoms with Crippen LogP contribution in [0.4, 0.5) is 0 Å². The minimum absolute atomic E-state index is 0.540. The van der Waals surface area contributed by atoms with E-state index in [0.29, 0.717) is 22.3 Å². The molecule has 3 rings (SSSR count). The van der Waals surface area contributed by atoms with Gasteiger partial charge in [0.2, 0.25) is 0 Å². The summed E-state index contributed by atoms with van der Waals surface area (Å²) in [6.45, 7) is 0. The summed E-state index contributed by atoms with van der Waals surface area (Å²) in [5, 5.41) is 13.2. The molecular formula is C15H10N2O2S. The number of benzene rings is 2. The van der Waals surface area contributed by atoms with Crippen molar-refractivity contribution in [2.24, 2.45) is 0 Å². The summed E-state index contributed by atoms with van der Waals surface area (Å²) in [7, 11) is 1.59. The Bertz CT molecular complexity index is 791. The molecule has 0 spiro atoms. The Hall–Kier alpha value is -2.58. The van der Waals surface area contributed by atoms with Crippen LogP contribution >= 0.6 is 11.3 Å². The zero-order valence-corrected chi connectivity index (χ0v) is 11.5. The Kier molecular flexibility index (Phi) is 3.23. The minimum Gasteiger partial charge on any atom is -0.493 e. The number of rotatable bonds is 3. The van der Waals surface area contributed by atoms with E-state index in [0.717, 1.165) is 10.8 Å². The molecule has 0 aliphatic heterocycles. The Balaban J connectivity index is 2.22. The average Bonchev–Trinajstić information content (AvgIpc) is 3.00. The van der Waals surface area contributed by atoms with Crippen molar-refractivity contribution in [3.63, 3.8) is 0 Å². The van der Waals surface area contributed by atoms with E-state index in [4.69, 9.17) is 14.7 Å². The number of fused-ring (bicyclic) bond motifs is 1. The van der Waals surface area contributed by atoms with E-state index >= 15 is 0 Å². The van der Waals surface area contributed by atoms with Crippen LogP contribution in [0.2, 0.25) is 0 Å². The summed E-state index contributed by atoms with van der Waals surface area (Å²) in [5.74, 6) is 1.19. The summed E-state index contributed by atoms with van der Waals surface area (Å²) in [4.78, 5) is 4.11. The van der Waals surface area contributed by atoms with Gasteiger partial charge in [-0.25, -0.2) is 4.98 Å². The summed E-state index contributed by atoms with van der Waals surface area (Å²) < 4.78 is 11.2. The first-order valence-corrected chi connectivity index (χ1v) is 6.78. The molecule has 0 unspecified atom stereocenters. The van der Waals surface area contributed by atoms with Gasteiger partial charge in [0.1, 0.15) is 0 Å². The van der Waals surface area contributed by atoms with Crippen molar-refractivity contribution >= 4 is 22.1 Å². The zero-order valence-electron chi connectivity index (χ0n) is 10.7. The largest absolute Gasteiger partial charge is 0.493 e. The van der Waals surface area contributed by atoms with Crippen molar-refractivity contribution in [2.45, 2.75) is 0 Å². The van der Waals surface area contributed by atoms with Gasteiger partial charge in [0, 0.05) is 17.0 Å². The minimum atomic E-state index is 0.540. The lowest BCUT2D eigenvalue weighted by atomic mass is 10.1. The Morgan fingerprint density at radius 2 is 2.10 bits per heavy atom. The first kappa shape index (κ1) is 12.5. The van der Waals surface area contributed by atoms with Gasteiger partial charge in [-0.3, -0.25) is 0 Å². The Labute approximate surface area is 119 Å². The van der Waals surface area contributed by atoms with Crippen LogP contribution in [-0.2, 0) is 0 Å². The van der Waals surface area contributed by atoms with Gasteiger partial charge >= 0.3 is 0 Å². The van der Waals surface area contributed by atoms with Crippen LogP contribution in [0.1, 0.15) is 5.56 Å². The quantitative estimate of drug-likeness (QED) is 0.729. The van der Waals surface area contributed by atoms with E-state index in [9.17, 15) is 0 Å². The van der Waals surface area contributed by atoms with Gasteiger partial charge in [-0.2, -0.15) is 5.26 Å². The van der Waals surface area contributed by atoms with Crippen LogP contribution in [0.15, 0.2) is 41.9 Å². The molecule has 0 N–H and O–H groups in total. The van der Waals surface area contributed by atoms with Crippen LogP contribution in [0.3, 0.4) is 0 Å². The molecular weight excluding hydrogens is 272 g/mol. The maximum absolute atomic E-state index is 9.04. The molecule has 0 radical (unpaired) electrons. The van der Waals surface area contributed by atoms with Crippen molar-refractivity contribution in [1.82, 2.24) is 4.98 Å². The van der Waals surface area contributed by atoms with E-state index in [2.05, 4.69) is 11.1 Å². The predicted molar refractivity (Wildman–Crippen MR) is 77.4 cm³/mol. The van der Waals surface area contributed by atoms with Gasteiger partial charge in [-0.15, -0.1) is 0 Å². The second-order valence-corrected chi connectivity index (χ2v) is 4.90. The van der Waals surface area contributed by atoms with Gasteiger partial charge in [-0.1, -0.05) is 23.5 Å². The maximum atomic E-state index is 9.04. The first-order chi connectivity index (χ1) is 9.81. The molecule has 0 aliphatic carbocycles. The number of hydrogen-bond donors (Lipinski definition) is 0. The van der Waals surface area contributed by atoms with Gasteiger partial charge < -0.3 is 9.47 Å². The number of thiazole rings is 1. The fourth-order valence-electron chi connectivity index (χ4n) is 1.96. The van der Waals surface area contributed by atoms with E-state index in [-0.39, 0.29) is 0 Å². The molecule has 0 bridgehead atoms. The van der Waals surface area contributed by atoms with Crippen LogP contribution in [0.25, 0.3) is 10.8 Å². The SMILES string of the molecule is COc1ccc2ccc(C#N)cc2c1Oc1nccs1. The zero-order chi connectivity index (χ0) is 13.9. The molecule has 0 amide bonds. The summed E-state index contributed by atoms with van der Waals surface area (Å²) >= 11 is 1.40. The number of nitriles is 1.